The van der Waals surface area contributed by atoms with Crippen LogP contribution in [0.5, 0.6) is 5.75 Å². The van der Waals surface area contributed by atoms with Crippen molar-refractivity contribution in [1.29, 1.82) is 0 Å². The van der Waals surface area contributed by atoms with E-state index in [0.29, 0.717) is 18.0 Å². The number of carbonyl (C=O) groups is 1. The van der Waals surface area contributed by atoms with Gasteiger partial charge in [-0.25, -0.2) is 0 Å². The van der Waals surface area contributed by atoms with Gasteiger partial charge in [-0.1, -0.05) is 41.9 Å². The molecule has 0 bridgehead atoms. The number of carbonyl (C=O) groups excluding carboxylic acids is 1. The summed E-state index contributed by atoms with van der Waals surface area (Å²) in [4.78, 5) is 12.4. The van der Waals surface area contributed by atoms with Crippen LogP contribution >= 0.6 is 11.6 Å². The van der Waals surface area contributed by atoms with Crippen molar-refractivity contribution in [3.05, 3.63) is 65.2 Å². The molecule has 0 radical (unpaired) electrons. The summed E-state index contributed by atoms with van der Waals surface area (Å²) < 4.78 is 6.06. The Labute approximate surface area is 159 Å². The Morgan fingerprint density at radius 3 is 2.38 bits per heavy atom. The van der Waals surface area contributed by atoms with Crippen LogP contribution in [-0.4, -0.2) is 31.0 Å². The van der Waals surface area contributed by atoms with Crippen molar-refractivity contribution in [3.63, 3.8) is 0 Å². The molecule has 0 heterocycles. The molecule has 0 fully saturated rings. The number of rotatable bonds is 8. The Morgan fingerprint density at radius 1 is 1.17 bits per heavy atom. The summed E-state index contributed by atoms with van der Waals surface area (Å²) in [5.74, 6) is -0.354. The Kier molecular flexibility index (Phi) is 8.95. The first kappa shape index (κ1) is 20.6. The third-order valence-corrected chi connectivity index (χ3v) is 3.69. The second-order valence-corrected chi connectivity index (χ2v) is 5.81. The number of carboxylic acid groups (broad SMARTS) is 1. The van der Waals surface area contributed by atoms with E-state index in [1.165, 1.54) is 0 Å². The minimum Gasteiger partial charge on any atom is -0.549 e. The number of likely N-dealkylation sites (N-methyl/N-ethyl adjacent to an activating group) is 1. The molecule has 0 saturated heterocycles. The van der Waals surface area contributed by atoms with Crippen molar-refractivity contribution in [2.45, 2.75) is 12.5 Å². The molecule has 1 atom stereocenters. The van der Waals surface area contributed by atoms with E-state index in [0.717, 1.165) is 11.3 Å². The first-order valence-electron chi connectivity index (χ1n) is 7.40. The topological polar surface area (TPSA) is 52.6 Å². The number of ether oxygens (including phenoxy) is 1. The third-order valence-electron chi connectivity index (χ3n) is 3.44. The Morgan fingerprint density at radius 2 is 1.79 bits per heavy atom. The second-order valence-electron chi connectivity index (χ2n) is 5.37. The number of aliphatic carboxylic acids is 1. The molecule has 2 rings (SSSR count). The fourth-order valence-corrected chi connectivity index (χ4v) is 2.40. The van der Waals surface area contributed by atoms with Crippen molar-refractivity contribution in [2.75, 3.05) is 20.1 Å². The molecule has 0 unspecified atom stereocenters. The van der Waals surface area contributed by atoms with Crippen molar-refractivity contribution >= 4 is 17.6 Å². The Bertz CT molecular complexity index is 622. The van der Waals surface area contributed by atoms with Gasteiger partial charge >= 0.3 is 18.9 Å². The second kappa shape index (κ2) is 10.4. The summed E-state index contributed by atoms with van der Waals surface area (Å²) in [6.45, 7) is 0.490. The van der Waals surface area contributed by atoms with Crippen LogP contribution in [0.4, 0.5) is 0 Å². The van der Waals surface area contributed by atoms with Gasteiger partial charge in [0, 0.05) is 24.5 Å². The molecule has 0 aliphatic carbocycles. The number of hydrogen-bond acceptors (Lipinski definition) is 4. The molecule has 0 aliphatic rings. The van der Waals surface area contributed by atoms with E-state index >= 15 is 0 Å². The number of hydrogen-bond donors (Lipinski definition) is 0. The van der Waals surface area contributed by atoms with Crippen molar-refractivity contribution in [1.82, 2.24) is 4.90 Å². The van der Waals surface area contributed by atoms with Gasteiger partial charge in [0.25, 0.3) is 0 Å². The molecule has 24 heavy (non-hydrogen) atoms. The predicted molar refractivity (Wildman–Crippen MR) is 88.4 cm³/mol. The average Bonchev–Trinajstić information content (AvgIpc) is 2.53. The summed E-state index contributed by atoms with van der Waals surface area (Å²) >= 11 is 5.89. The molecule has 6 heteroatoms. The number of halogens is 1. The molecule has 0 amide bonds. The van der Waals surface area contributed by atoms with Crippen molar-refractivity contribution in [3.8, 4) is 5.75 Å². The number of carboxylic acids is 1. The average molecular weight is 340 g/mol. The molecule has 0 aliphatic heterocycles. The zero-order valence-electron chi connectivity index (χ0n) is 13.9. The minimum atomic E-state index is -1.08. The first-order chi connectivity index (χ1) is 11.0. The largest absolute Gasteiger partial charge is 1.00 e. The summed E-state index contributed by atoms with van der Waals surface area (Å²) in [7, 11) is 1.75. The van der Waals surface area contributed by atoms with E-state index in [-0.39, 0.29) is 31.5 Å². The van der Waals surface area contributed by atoms with E-state index in [1.54, 1.807) is 24.1 Å². The van der Waals surface area contributed by atoms with Crippen LogP contribution < -0.4 is 28.7 Å². The predicted octanol–water partition coefficient (Wildman–Crippen LogP) is -0.464. The molecule has 0 saturated carbocycles. The molecule has 0 aromatic heterocycles. The van der Waals surface area contributed by atoms with Crippen LogP contribution in [-0.2, 0) is 4.79 Å². The third kappa shape index (κ3) is 6.98. The van der Waals surface area contributed by atoms with Crippen LogP contribution in [0.2, 0.25) is 5.02 Å². The maximum Gasteiger partial charge on any atom is 1.00 e. The summed E-state index contributed by atoms with van der Waals surface area (Å²) in [5, 5.41) is 11.3. The van der Waals surface area contributed by atoms with E-state index in [4.69, 9.17) is 16.3 Å². The van der Waals surface area contributed by atoms with Crippen molar-refractivity contribution < 1.29 is 33.5 Å². The van der Waals surface area contributed by atoms with E-state index in [2.05, 4.69) is 0 Å². The van der Waals surface area contributed by atoms with Gasteiger partial charge in [0.1, 0.15) is 11.9 Å². The van der Waals surface area contributed by atoms with Gasteiger partial charge in [-0.3, -0.25) is 0 Å². The van der Waals surface area contributed by atoms with Crippen LogP contribution in [0.1, 0.15) is 18.1 Å². The SMILES string of the molecule is CN(CC[C@H](Oc1ccc(Cl)cc1)c1ccccc1)CC(=O)[O-].[Li+]. The van der Waals surface area contributed by atoms with Crippen LogP contribution in [0.15, 0.2) is 54.6 Å². The monoisotopic (exact) mass is 339 g/mol. The molecule has 0 N–H and O–H groups in total. The van der Waals surface area contributed by atoms with Crippen LogP contribution in [0, 0.1) is 0 Å². The quantitative estimate of drug-likeness (QED) is 0.611. The maximum absolute atomic E-state index is 10.7. The van der Waals surface area contributed by atoms with Gasteiger partial charge in [-0.2, -0.15) is 0 Å². The van der Waals surface area contributed by atoms with E-state index in [9.17, 15) is 9.90 Å². The Hall–Kier alpha value is -1.44. The van der Waals surface area contributed by atoms with Gasteiger partial charge in [-0.05, 0) is 36.9 Å². The number of benzene rings is 2. The van der Waals surface area contributed by atoms with Gasteiger partial charge in [-0.15, -0.1) is 0 Å². The fraction of sp³-hybridized carbons (Fsp3) is 0.278. The molecule has 122 valence electrons. The Balaban J connectivity index is 0.00000288. The standard InChI is InChI=1S/C18H20ClNO3.Li/c1-20(13-18(21)22)12-11-17(14-5-3-2-4-6-14)23-16-9-7-15(19)8-10-16;/h2-10,17H,11-13H2,1H3,(H,21,22);/q;+1/p-1/t17-;/m0./s1. The van der Waals surface area contributed by atoms with Crippen LogP contribution in [0.25, 0.3) is 0 Å². The molecular formula is C18H19ClLiNO3. The zero-order valence-corrected chi connectivity index (χ0v) is 14.7. The summed E-state index contributed by atoms with van der Waals surface area (Å²) in [6.07, 6.45) is 0.498. The summed E-state index contributed by atoms with van der Waals surface area (Å²) in [6, 6.07) is 17.1. The summed E-state index contributed by atoms with van der Waals surface area (Å²) in [5.41, 5.74) is 1.05. The first-order valence-corrected chi connectivity index (χ1v) is 7.78. The molecule has 2 aromatic carbocycles. The van der Waals surface area contributed by atoms with E-state index < -0.39 is 5.97 Å². The molecule has 4 nitrogen and oxygen atoms in total. The number of nitrogens with zero attached hydrogens (tertiary/aromatic N) is 1. The zero-order chi connectivity index (χ0) is 16.7. The molecular weight excluding hydrogens is 321 g/mol. The smallest absolute Gasteiger partial charge is 0.549 e. The van der Waals surface area contributed by atoms with Gasteiger partial charge in [0.2, 0.25) is 0 Å². The minimum absolute atomic E-state index is 0. The van der Waals surface area contributed by atoms with Crippen molar-refractivity contribution in [2.24, 2.45) is 0 Å². The fourth-order valence-electron chi connectivity index (χ4n) is 2.28. The molecule has 0 spiro atoms. The van der Waals surface area contributed by atoms with Gasteiger partial charge < -0.3 is 19.5 Å². The van der Waals surface area contributed by atoms with Crippen LogP contribution in [0.3, 0.4) is 0 Å². The van der Waals surface area contributed by atoms with Gasteiger partial charge in [0.05, 0.1) is 5.97 Å². The maximum atomic E-state index is 10.7. The normalized spacial score (nSPS) is 11.6. The van der Waals surface area contributed by atoms with E-state index in [1.807, 2.05) is 42.5 Å². The van der Waals surface area contributed by atoms with Gasteiger partial charge in [0.15, 0.2) is 0 Å². The molecule has 2 aromatic rings.